The van der Waals surface area contributed by atoms with E-state index in [0.717, 1.165) is 44.6 Å². The number of rotatable bonds is 6. The largest absolute Gasteiger partial charge is 0.308 e. The Balaban J connectivity index is 1.27. The third-order valence-electron chi connectivity index (χ3n) is 14.9. The maximum atomic E-state index is 5.36. The molecule has 0 unspecified atom stereocenters. The molecule has 2 bridgehead atoms. The van der Waals surface area contributed by atoms with E-state index in [2.05, 4.69) is 230 Å². The number of fused-ring (bicyclic) bond motifs is 8. The summed E-state index contributed by atoms with van der Waals surface area (Å²) in [6.45, 7) is 18.9. The molecular weight excluding hydrogens is 873 g/mol. The van der Waals surface area contributed by atoms with Crippen molar-refractivity contribution in [2.24, 2.45) is 0 Å². The second kappa shape index (κ2) is 17.0. The Morgan fingerprint density at radius 1 is 0.347 bits per heavy atom. The third kappa shape index (κ3) is 7.74. The van der Waals surface area contributed by atoms with Gasteiger partial charge in [0.05, 0.1) is 16.7 Å². The van der Waals surface area contributed by atoms with Gasteiger partial charge in [0, 0.05) is 44.0 Å². The molecule has 350 valence electrons. The minimum Gasteiger partial charge on any atom is -0.308 e. The Hall–Kier alpha value is -8.21. The quantitative estimate of drug-likeness (QED) is 0.167. The summed E-state index contributed by atoms with van der Waals surface area (Å²) in [4.78, 5) is 15.8. The molecule has 72 heavy (non-hydrogen) atoms. The molecule has 0 N–H and O–H groups in total. The van der Waals surface area contributed by atoms with E-state index in [-0.39, 0.29) is 10.8 Å². The van der Waals surface area contributed by atoms with Crippen molar-refractivity contribution in [1.82, 2.24) is 19.5 Å². The van der Waals surface area contributed by atoms with E-state index in [9.17, 15) is 0 Å². The van der Waals surface area contributed by atoms with Crippen LogP contribution in [0.5, 0.6) is 0 Å². The molecule has 0 spiro atoms. The molecule has 0 fully saturated rings. The molecule has 1 aliphatic rings. The average Bonchev–Trinajstić information content (AvgIpc) is 3.74. The van der Waals surface area contributed by atoms with Crippen LogP contribution >= 0.6 is 0 Å². The van der Waals surface area contributed by atoms with Crippen molar-refractivity contribution in [2.45, 2.75) is 71.6 Å². The smallest absolute Gasteiger partial charge is 0.164 e. The molecule has 0 radical (unpaired) electrons. The van der Waals surface area contributed by atoms with Crippen LogP contribution in [-0.4, -0.2) is 19.5 Å². The van der Waals surface area contributed by atoms with E-state index >= 15 is 0 Å². The first kappa shape index (κ1) is 45.0. The van der Waals surface area contributed by atoms with Crippen LogP contribution in [-0.2, 0) is 16.2 Å². The SMILES string of the molecule is CC(C)(C)c1ccc2c(c1)c1cc(C(C)(C)C)cc3c1n2-c1c(-c2ccc(-c4ccccc4)cc2)cc(-c2nc(-c4ccccc4)nc(-c4ccccc4)n2)cc1-c1ccc(-c2ccccc2)c(c1)C3(C)C. The van der Waals surface area contributed by atoms with Gasteiger partial charge in [0.15, 0.2) is 17.5 Å². The second-order valence-electron chi connectivity index (χ2n) is 22.1. The second-order valence-corrected chi connectivity index (χ2v) is 22.1. The lowest BCUT2D eigenvalue weighted by molar-refractivity contribution is 0.584. The normalized spacial score (nSPS) is 13.1. The lowest BCUT2D eigenvalue weighted by atomic mass is 9.72. The topological polar surface area (TPSA) is 43.6 Å². The Kier molecular flexibility index (Phi) is 10.6. The van der Waals surface area contributed by atoms with E-state index in [1.165, 1.54) is 66.3 Å². The van der Waals surface area contributed by atoms with Crippen LogP contribution in [0.2, 0.25) is 0 Å². The van der Waals surface area contributed by atoms with E-state index in [4.69, 9.17) is 15.0 Å². The van der Waals surface area contributed by atoms with Gasteiger partial charge in [-0.3, -0.25) is 0 Å². The van der Waals surface area contributed by atoms with Gasteiger partial charge in [-0.1, -0.05) is 225 Å². The standard InChI is InChI=1S/C68H58N4/c1-66(2,3)51-34-36-60-56(40-51)57-41-52(67(4,5)6)42-59-62(57)72(60)61-54(46-31-29-44(30-32-46)43-21-13-9-14-22-43)37-50(38-55(61)49-33-35-53(45-23-15-10-16-24-45)58(39-49)68(59,7)8)65-70-63(47-25-17-11-18-26-47)69-64(71-65)48-27-19-12-20-28-48/h9-42H,1-8H3. The first-order chi connectivity index (χ1) is 34.7. The molecule has 0 saturated heterocycles. The minimum atomic E-state index is -0.453. The Morgan fingerprint density at radius 2 is 0.792 bits per heavy atom. The van der Waals surface area contributed by atoms with Crippen molar-refractivity contribution >= 4 is 21.8 Å². The fourth-order valence-corrected chi connectivity index (χ4v) is 10.9. The van der Waals surface area contributed by atoms with Gasteiger partial charge in [-0.15, -0.1) is 0 Å². The van der Waals surface area contributed by atoms with Crippen molar-refractivity contribution in [3.8, 4) is 84.4 Å². The molecule has 0 saturated carbocycles. The highest BCUT2D eigenvalue weighted by atomic mass is 15.0. The fraction of sp³-hybridized carbons (Fsp3) is 0.162. The lowest BCUT2D eigenvalue weighted by Gasteiger charge is -2.32. The average molecular weight is 931 g/mol. The van der Waals surface area contributed by atoms with Crippen LogP contribution in [0, 0.1) is 0 Å². The van der Waals surface area contributed by atoms with E-state index in [1.54, 1.807) is 0 Å². The van der Waals surface area contributed by atoms with Gasteiger partial charge in [-0.05, 0) is 103 Å². The molecule has 0 aliphatic carbocycles. The molecule has 11 aromatic rings. The summed E-state index contributed by atoms with van der Waals surface area (Å²) < 4.78 is 2.62. The first-order valence-electron chi connectivity index (χ1n) is 25.3. The zero-order valence-corrected chi connectivity index (χ0v) is 42.4. The summed E-state index contributed by atoms with van der Waals surface area (Å²) in [5.41, 5.74) is 20.1. The summed E-state index contributed by atoms with van der Waals surface area (Å²) in [5.74, 6) is 1.87. The summed E-state index contributed by atoms with van der Waals surface area (Å²) in [6, 6.07) is 75.3. The van der Waals surface area contributed by atoms with Gasteiger partial charge in [-0.2, -0.15) is 0 Å². The van der Waals surface area contributed by atoms with Gasteiger partial charge in [0.25, 0.3) is 0 Å². The monoisotopic (exact) mass is 930 g/mol. The molecular formula is C68H58N4. The highest BCUT2D eigenvalue weighted by molar-refractivity contribution is 6.13. The Bertz CT molecular complexity index is 3800. The number of hydrogen-bond donors (Lipinski definition) is 0. The van der Waals surface area contributed by atoms with Crippen LogP contribution in [0.1, 0.15) is 77.6 Å². The Morgan fingerprint density at radius 3 is 1.35 bits per heavy atom. The molecule has 0 atom stereocenters. The van der Waals surface area contributed by atoms with Crippen LogP contribution in [0.3, 0.4) is 0 Å². The predicted octanol–water partition coefficient (Wildman–Crippen LogP) is 17.9. The maximum absolute atomic E-state index is 5.36. The summed E-state index contributed by atoms with van der Waals surface area (Å²) in [6.07, 6.45) is 0. The van der Waals surface area contributed by atoms with Crippen LogP contribution in [0.25, 0.3) is 106 Å². The molecule has 2 aromatic heterocycles. The summed E-state index contributed by atoms with van der Waals surface area (Å²) in [5, 5.41) is 2.52. The fourth-order valence-electron chi connectivity index (χ4n) is 10.9. The number of aromatic nitrogens is 4. The number of benzene rings is 9. The van der Waals surface area contributed by atoms with Crippen LogP contribution in [0.4, 0.5) is 0 Å². The zero-order chi connectivity index (χ0) is 49.5. The molecule has 1 aliphatic heterocycles. The van der Waals surface area contributed by atoms with E-state index in [1.807, 2.05) is 36.4 Å². The highest BCUT2D eigenvalue weighted by Crippen LogP contribution is 2.52. The van der Waals surface area contributed by atoms with Crippen molar-refractivity contribution in [2.75, 3.05) is 0 Å². The van der Waals surface area contributed by atoms with Gasteiger partial charge < -0.3 is 4.57 Å². The molecule has 9 aromatic carbocycles. The number of nitrogens with zero attached hydrogens (tertiary/aromatic N) is 4. The summed E-state index contributed by atoms with van der Waals surface area (Å²) in [7, 11) is 0. The molecule has 3 heterocycles. The van der Waals surface area contributed by atoms with Crippen LogP contribution < -0.4 is 0 Å². The lowest BCUT2D eigenvalue weighted by Crippen LogP contribution is -2.23. The van der Waals surface area contributed by atoms with Crippen molar-refractivity contribution < 1.29 is 0 Å². The van der Waals surface area contributed by atoms with Gasteiger partial charge in [0.2, 0.25) is 0 Å². The summed E-state index contributed by atoms with van der Waals surface area (Å²) >= 11 is 0. The zero-order valence-electron chi connectivity index (χ0n) is 42.4. The third-order valence-corrected chi connectivity index (χ3v) is 14.9. The highest BCUT2D eigenvalue weighted by Gasteiger charge is 2.36. The first-order valence-corrected chi connectivity index (χ1v) is 25.3. The van der Waals surface area contributed by atoms with Gasteiger partial charge in [-0.25, -0.2) is 15.0 Å². The maximum Gasteiger partial charge on any atom is 0.164 e. The predicted molar refractivity (Wildman–Crippen MR) is 302 cm³/mol. The minimum absolute atomic E-state index is 0.0555. The Labute approximate surface area is 423 Å². The van der Waals surface area contributed by atoms with Crippen LogP contribution in [0.15, 0.2) is 206 Å². The van der Waals surface area contributed by atoms with Crippen molar-refractivity contribution in [1.29, 1.82) is 0 Å². The molecule has 12 rings (SSSR count). The number of hydrogen-bond acceptors (Lipinski definition) is 3. The molecule has 4 heteroatoms. The van der Waals surface area contributed by atoms with E-state index in [0.29, 0.717) is 17.5 Å². The molecule has 0 amide bonds. The van der Waals surface area contributed by atoms with Gasteiger partial charge in [0.1, 0.15) is 0 Å². The molecule has 4 nitrogen and oxygen atoms in total. The van der Waals surface area contributed by atoms with E-state index < -0.39 is 5.41 Å². The van der Waals surface area contributed by atoms with Crippen molar-refractivity contribution in [3.63, 3.8) is 0 Å². The van der Waals surface area contributed by atoms with Gasteiger partial charge >= 0.3 is 0 Å². The van der Waals surface area contributed by atoms with Crippen molar-refractivity contribution in [3.05, 3.63) is 229 Å².